The maximum absolute atomic E-state index is 13.8. The number of sulfonamides is 1. The number of anilines is 2. The summed E-state index contributed by atoms with van der Waals surface area (Å²) in [6.45, 7) is 1.79. The average molecular weight is 416 g/mol. The van der Waals surface area contributed by atoms with E-state index < -0.39 is 27.6 Å². The highest BCUT2D eigenvalue weighted by molar-refractivity contribution is 7.92. The lowest BCUT2D eigenvalue weighted by Gasteiger charge is -2.21. The third kappa shape index (κ3) is 4.27. The Balaban J connectivity index is 1.90. The SMILES string of the molecule is Cc1ccccc1N(C)S(=O)(=O)c1cccc(C(=O)Nc2ccc(F)cc2F)c1. The first kappa shape index (κ1) is 20.5. The minimum Gasteiger partial charge on any atom is -0.319 e. The van der Waals surface area contributed by atoms with Gasteiger partial charge in [0.05, 0.1) is 16.3 Å². The van der Waals surface area contributed by atoms with E-state index in [4.69, 9.17) is 0 Å². The summed E-state index contributed by atoms with van der Waals surface area (Å²) in [5.74, 6) is -2.42. The predicted octanol–water partition coefficient (Wildman–Crippen LogP) is 4.35. The molecule has 3 aromatic rings. The van der Waals surface area contributed by atoms with Gasteiger partial charge in [0.15, 0.2) is 0 Å². The summed E-state index contributed by atoms with van der Waals surface area (Å²) in [4.78, 5) is 12.4. The summed E-state index contributed by atoms with van der Waals surface area (Å²) < 4.78 is 53.9. The van der Waals surface area contributed by atoms with E-state index in [0.717, 1.165) is 22.0 Å². The second kappa shape index (κ2) is 8.00. The molecule has 150 valence electrons. The Morgan fingerprint density at radius 1 is 0.966 bits per heavy atom. The third-order valence-electron chi connectivity index (χ3n) is 4.39. The monoisotopic (exact) mass is 416 g/mol. The number of benzene rings is 3. The zero-order valence-corrected chi connectivity index (χ0v) is 16.5. The Morgan fingerprint density at radius 3 is 2.38 bits per heavy atom. The highest BCUT2D eigenvalue weighted by atomic mass is 32.2. The van der Waals surface area contributed by atoms with Crippen LogP contribution in [0.3, 0.4) is 0 Å². The summed E-state index contributed by atoms with van der Waals surface area (Å²) >= 11 is 0. The molecular formula is C21H18F2N2O3S. The Labute approximate surface area is 167 Å². The number of aryl methyl sites for hydroxylation is 1. The van der Waals surface area contributed by atoms with Gasteiger partial charge < -0.3 is 5.32 Å². The van der Waals surface area contributed by atoms with Crippen LogP contribution in [-0.4, -0.2) is 21.4 Å². The molecule has 0 unspecified atom stereocenters. The number of amides is 1. The molecule has 0 saturated heterocycles. The van der Waals surface area contributed by atoms with Crippen LogP contribution in [0.25, 0.3) is 0 Å². The van der Waals surface area contributed by atoms with Crippen LogP contribution in [0.1, 0.15) is 15.9 Å². The van der Waals surface area contributed by atoms with Crippen LogP contribution in [0, 0.1) is 18.6 Å². The van der Waals surface area contributed by atoms with Crippen LogP contribution < -0.4 is 9.62 Å². The number of carbonyl (C=O) groups excluding carboxylic acids is 1. The number of hydrogen-bond acceptors (Lipinski definition) is 3. The van der Waals surface area contributed by atoms with Crippen molar-refractivity contribution in [3.63, 3.8) is 0 Å². The van der Waals surface area contributed by atoms with Gasteiger partial charge in [0, 0.05) is 18.7 Å². The highest BCUT2D eigenvalue weighted by Crippen LogP contribution is 2.25. The van der Waals surface area contributed by atoms with Gasteiger partial charge in [0.25, 0.3) is 15.9 Å². The highest BCUT2D eigenvalue weighted by Gasteiger charge is 2.23. The van der Waals surface area contributed by atoms with E-state index in [1.807, 2.05) is 0 Å². The van der Waals surface area contributed by atoms with Crippen LogP contribution in [-0.2, 0) is 10.0 Å². The molecule has 0 spiro atoms. The fraction of sp³-hybridized carbons (Fsp3) is 0.0952. The molecule has 0 fully saturated rings. The fourth-order valence-corrected chi connectivity index (χ4v) is 4.09. The van der Waals surface area contributed by atoms with Gasteiger partial charge >= 0.3 is 0 Å². The molecule has 0 saturated carbocycles. The molecule has 0 radical (unpaired) electrons. The smallest absolute Gasteiger partial charge is 0.264 e. The molecule has 0 atom stereocenters. The molecule has 29 heavy (non-hydrogen) atoms. The first-order chi connectivity index (χ1) is 13.7. The molecule has 5 nitrogen and oxygen atoms in total. The molecule has 0 heterocycles. The molecule has 1 amide bonds. The van der Waals surface area contributed by atoms with Gasteiger partial charge in [-0.15, -0.1) is 0 Å². The summed E-state index contributed by atoms with van der Waals surface area (Å²) in [5.41, 5.74) is 1.10. The first-order valence-electron chi connectivity index (χ1n) is 8.61. The molecule has 3 rings (SSSR count). The maximum Gasteiger partial charge on any atom is 0.264 e. The largest absolute Gasteiger partial charge is 0.319 e. The number of para-hydroxylation sites is 1. The van der Waals surface area contributed by atoms with Crippen molar-refractivity contribution in [2.75, 3.05) is 16.7 Å². The second-order valence-corrected chi connectivity index (χ2v) is 8.33. The van der Waals surface area contributed by atoms with Crippen LogP contribution >= 0.6 is 0 Å². The predicted molar refractivity (Wildman–Crippen MR) is 108 cm³/mol. The fourth-order valence-electron chi connectivity index (χ4n) is 2.79. The van der Waals surface area contributed by atoms with Gasteiger partial charge in [0.1, 0.15) is 11.6 Å². The molecular weight excluding hydrogens is 398 g/mol. The number of nitrogens with one attached hydrogen (secondary N) is 1. The summed E-state index contributed by atoms with van der Waals surface area (Å²) in [6.07, 6.45) is 0. The molecule has 3 aromatic carbocycles. The molecule has 0 aliphatic rings. The maximum atomic E-state index is 13.8. The quantitative estimate of drug-likeness (QED) is 0.672. The van der Waals surface area contributed by atoms with Gasteiger partial charge in [-0.25, -0.2) is 17.2 Å². The summed E-state index contributed by atoms with van der Waals surface area (Å²) in [6, 6.07) is 15.2. The topological polar surface area (TPSA) is 66.5 Å². The van der Waals surface area contributed by atoms with Crippen molar-refractivity contribution >= 4 is 27.3 Å². The number of hydrogen-bond donors (Lipinski definition) is 1. The Hall–Kier alpha value is -3.26. The van der Waals surface area contributed by atoms with Crippen LogP contribution in [0.4, 0.5) is 20.2 Å². The average Bonchev–Trinajstić information content (AvgIpc) is 2.70. The zero-order valence-electron chi connectivity index (χ0n) is 15.7. The van der Waals surface area contributed by atoms with Gasteiger partial charge in [-0.3, -0.25) is 9.10 Å². The van der Waals surface area contributed by atoms with Gasteiger partial charge in [-0.2, -0.15) is 0 Å². The van der Waals surface area contributed by atoms with E-state index in [0.29, 0.717) is 11.8 Å². The summed E-state index contributed by atoms with van der Waals surface area (Å²) in [7, 11) is -2.50. The van der Waals surface area contributed by atoms with Gasteiger partial charge in [0.2, 0.25) is 0 Å². The van der Waals surface area contributed by atoms with E-state index in [1.165, 1.54) is 31.3 Å². The molecule has 0 aliphatic carbocycles. The van der Waals surface area contributed by atoms with Crippen LogP contribution in [0.5, 0.6) is 0 Å². The van der Waals surface area contributed by atoms with Crippen molar-refractivity contribution in [2.45, 2.75) is 11.8 Å². The minimum atomic E-state index is -3.93. The van der Waals surface area contributed by atoms with E-state index in [9.17, 15) is 22.0 Å². The van der Waals surface area contributed by atoms with Crippen molar-refractivity contribution in [3.8, 4) is 0 Å². The number of nitrogens with zero attached hydrogens (tertiary/aromatic N) is 1. The van der Waals surface area contributed by atoms with Gasteiger partial charge in [-0.1, -0.05) is 24.3 Å². The van der Waals surface area contributed by atoms with E-state index in [-0.39, 0.29) is 16.1 Å². The second-order valence-electron chi connectivity index (χ2n) is 6.37. The summed E-state index contributed by atoms with van der Waals surface area (Å²) in [5, 5.41) is 2.31. The Bertz CT molecular complexity index is 1180. The minimum absolute atomic E-state index is 0.0213. The van der Waals surface area contributed by atoms with E-state index in [2.05, 4.69) is 5.32 Å². The Kier molecular flexibility index (Phi) is 5.65. The number of halogens is 2. The van der Waals surface area contributed by atoms with Crippen molar-refractivity contribution in [3.05, 3.63) is 89.5 Å². The van der Waals surface area contributed by atoms with E-state index >= 15 is 0 Å². The molecule has 0 aliphatic heterocycles. The van der Waals surface area contributed by atoms with Crippen LogP contribution in [0.15, 0.2) is 71.6 Å². The molecule has 8 heteroatoms. The van der Waals surface area contributed by atoms with Crippen molar-refractivity contribution < 1.29 is 22.0 Å². The standard InChI is InChI=1S/C21H18F2N2O3S/c1-14-6-3-4-9-20(14)25(2)29(27,28)17-8-5-7-15(12-17)21(26)24-19-11-10-16(22)13-18(19)23/h3-13H,1-2H3,(H,24,26). The number of rotatable bonds is 5. The van der Waals surface area contributed by atoms with E-state index in [1.54, 1.807) is 31.2 Å². The molecule has 1 N–H and O–H groups in total. The van der Waals surface area contributed by atoms with Crippen molar-refractivity contribution in [1.29, 1.82) is 0 Å². The number of carbonyl (C=O) groups is 1. The van der Waals surface area contributed by atoms with Crippen molar-refractivity contribution in [2.24, 2.45) is 0 Å². The lowest BCUT2D eigenvalue weighted by atomic mass is 10.2. The Morgan fingerprint density at radius 2 is 1.69 bits per heavy atom. The first-order valence-corrected chi connectivity index (χ1v) is 10.0. The van der Waals surface area contributed by atoms with Gasteiger partial charge in [-0.05, 0) is 48.9 Å². The molecule has 0 aromatic heterocycles. The normalized spacial score (nSPS) is 11.2. The third-order valence-corrected chi connectivity index (χ3v) is 6.16. The molecule has 0 bridgehead atoms. The van der Waals surface area contributed by atoms with Crippen LogP contribution in [0.2, 0.25) is 0 Å². The lowest BCUT2D eigenvalue weighted by Crippen LogP contribution is -2.27. The lowest BCUT2D eigenvalue weighted by molar-refractivity contribution is 0.102. The zero-order chi connectivity index (χ0) is 21.2. The van der Waals surface area contributed by atoms with Crippen molar-refractivity contribution in [1.82, 2.24) is 0 Å².